The van der Waals surface area contributed by atoms with Crippen molar-refractivity contribution in [3.05, 3.63) is 59.9 Å². The quantitative estimate of drug-likeness (QED) is 0.866. The van der Waals surface area contributed by atoms with Crippen LogP contribution in [0.1, 0.15) is 5.56 Å². The van der Waals surface area contributed by atoms with Gasteiger partial charge in [0.1, 0.15) is 5.82 Å². The molecule has 3 rings (SSSR count). The zero-order chi connectivity index (χ0) is 16.4. The molecule has 0 saturated carbocycles. The SMILES string of the molecule is Cc1cccc(N2CCN(S(=O)(=O)c3cccc(F)c3)CC2)c1. The summed E-state index contributed by atoms with van der Waals surface area (Å²) in [5.74, 6) is -0.538. The van der Waals surface area contributed by atoms with Gasteiger partial charge in [-0.2, -0.15) is 4.31 Å². The Balaban J connectivity index is 1.73. The van der Waals surface area contributed by atoms with Gasteiger partial charge in [0.25, 0.3) is 0 Å². The van der Waals surface area contributed by atoms with E-state index in [4.69, 9.17) is 0 Å². The van der Waals surface area contributed by atoms with Crippen LogP contribution in [0.25, 0.3) is 0 Å². The predicted octanol–water partition coefficient (Wildman–Crippen LogP) is 2.65. The second kappa shape index (κ2) is 6.29. The highest BCUT2D eigenvalue weighted by atomic mass is 32.2. The van der Waals surface area contributed by atoms with E-state index in [1.54, 1.807) is 0 Å². The molecule has 0 N–H and O–H groups in total. The highest BCUT2D eigenvalue weighted by Crippen LogP contribution is 2.22. The van der Waals surface area contributed by atoms with E-state index in [0.29, 0.717) is 26.2 Å². The number of halogens is 1. The molecule has 0 unspecified atom stereocenters. The topological polar surface area (TPSA) is 40.6 Å². The van der Waals surface area contributed by atoms with Gasteiger partial charge in [-0.1, -0.05) is 18.2 Å². The Morgan fingerprint density at radius 3 is 2.30 bits per heavy atom. The van der Waals surface area contributed by atoms with Crippen LogP contribution in [-0.4, -0.2) is 38.9 Å². The second-order valence-corrected chi connectivity index (χ2v) is 7.63. The first-order chi connectivity index (χ1) is 11.0. The fourth-order valence-electron chi connectivity index (χ4n) is 2.79. The number of aryl methyl sites for hydroxylation is 1. The molecule has 2 aromatic rings. The molecule has 1 heterocycles. The summed E-state index contributed by atoms with van der Waals surface area (Å²) in [7, 11) is -3.63. The van der Waals surface area contributed by atoms with Gasteiger partial charge in [-0.3, -0.25) is 0 Å². The molecule has 1 fully saturated rings. The maximum absolute atomic E-state index is 13.3. The summed E-state index contributed by atoms with van der Waals surface area (Å²) in [5, 5.41) is 0. The van der Waals surface area contributed by atoms with Gasteiger partial charge in [-0.25, -0.2) is 12.8 Å². The summed E-state index contributed by atoms with van der Waals surface area (Å²) in [6, 6.07) is 13.3. The summed E-state index contributed by atoms with van der Waals surface area (Å²) in [6.07, 6.45) is 0. The van der Waals surface area contributed by atoms with Gasteiger partial charge in [0.15, 0.2) is 0 Å². The third-order valence-electron chi connectivity index (χ3n) is 4.04. The first kappa shape index (κ1) is 16.0. The summed E-state index contributed by atoms with van der Waals surface area (Å²) in [6.45, 7) is 4.07. The van der Waals surface area contributed by atoms with Gasteiger partial charge in [-0.05, 0) is 42.8 Å². The van der Waals surface area contributed by atoms with Gasteiger partial charge in [0.05, 0.1) is 4.90 Å². The molecule has 23 heavy (non-hydrogen) atoms. The number of anilines is 1. The smallest absolute Gasteiger partial charge is 0.243 e. The molecule has 2 aromatic carbocycles. The zero-order valence-electron chi connectivity index (χ0n) is 12.9. The fourth-order valence-corrected chi connectivity index (χ4v) is 4.24. The van der Waals surface area contributed by atoms with Gasteiger partial charge in [0.2, 0.25) is 10.0 Å². The maximum Gasteiger partial charge on any atom is 0.243 e. The summed E-state index contributed by atoms with van der Waals surface area (Å²) in [4.78, 5) is 2.19. The average Bonchev–Trinajstić information content (AvgIpc) is 2.55. The van der Waals surface area contributed by atoms with Crippen LogP contribution in [0.2, 0.25) is 0 Å². The molecular formula is C17H19FN2O2S. The van der Waals surface area contributed by atoms with Crippen molar-refractivity contribution in [3.8, 4) is 0 Å². The van der Waals surface area contributed by atoms with Crippen molar-refractivity contribution in [1.82, 2.24) is 4.31 Å². The van der Waals surface area contributed by atoms with E-state index in [1.165, 1.54) is 28.1 Å². The second-order valence-electron chi connectivity index (χ2n) is 5.69. The van der Waals surface area contributed by atoms with Crippen LogP contribution in [0, 0.1) is 12.7 Å². The Kier molecular flexibility index (Phi) is 4.37. The lowest BCUT2D eigenvalue weighted by atomic mass is 10.2. The van der Waals surface area contributed by atoms with Gasteiger partial charge >= 0.3 is 0 Å². The molecule has 1 saturated heterocycles. The van der Waals surface area contributed by atoms with Crippen molar-refractivity contribution in [1.29, 1.82) is 0 Å². The molecule has 4 nitrogen and oxygen atoms in total. The highest BCUT2D eigenvalue weighted by molar-refractivity contribution is 7.89. The molecule has 0 aromatic heterocycles. The Hall–Kier alpha value is -1.92. The molecule has 1 aliphatic heterocycles. The number of benzene rings is 2. The van der Waals surface area contributed by atoms with Crippen LogP contribution in [0.15, 0.2) is 53.4 Å². The first-order valence-corrected chi connectivity index (χ1v) is 8.98. The Bertz CT molecular complexity index is 800. The molecule has 0 bridgehead atoms. The third-order valence-corrected chi connectivity index (χ3v) is 5.93. The number of nitrogens with zero attached hydrogens (tertiary/aromatic N) is 2. The fraction of sp³-hybridized carbons (Fsp3) is 0.294. The Morgan fingerprint density at radius 2 is 1.65 bits per heavy atom. The first-order valence-electron chi connectivity index (χ1n) is 7.54. The molecule has 0 radical (unpaired) electrons. The molecule has 0 atom stereocenters. The van der Waals surface area contributed by atoms with Gasteiger partial charge in [0, 0.05) is 31.9 Å². The standard InChI is InChI=1S/C17H19FN2O2S/c1-14-4-2-6-16(12-14)19-8-10-20(11-9-19)23(21,22)17-7-3-5-15(18)13-17/h2-7,12-13H,8-11H2,1H3. The Morgan fingerprint density at radius 1 is 0.957 bits per heavy atom. The van der Waals surface area contributed by atoms with E-state index < -0.39 is 15.8 Å². The average molecular weight is 334 g/mol. The van der Waals surface area contributed by atoms with Crippen LogP contribution in [-0.2, 0) is 10.0 Å². The van der Waals surface area contributed by atoms with E-state index in [1.807, 2.05) is 25.1 Å². The van der Waals surface area contributed by atoms with Crippen molar-refractivity contribution >= 4 is 15.7 Å². The molecular weight excluding hydrogens is 315 g/mol. The van der Waals surface area contributed by atoms with E-state index in [-0.39, 0.29) is 4.90 Å². The van der Waals surface area contributed by atoms with Crippen molar-refractivity contribution < 1.29 is 12.8 Å². The highest BCUT2D eigenvalue weighted by Gasteiger charge is 2.28. The van der Waals surface area contributed by atoms with Gasteiger partial charge in [-0.15, -0.1) is 0 Å². The van der Waals surface area contributed by atoms with Crippen LogP contribution < -0.4 is 4.90 Å². The van der Waals surface area contributed by atoms with Crippen LogP contribution in [0.3, 0.4) is 0 Å². The number of rotatable bonds is 3. The van der Waals surface area contributed by atoms with E-state index in [0.717, 1.165) is 11.8 Å². The van der Waals surface area contributed by atoms with Crippen molar-refractivity contribution in [2.75, 3.05) is 31.1 Å². The van der Waals surface area contributed by atoms with Gasteiger partial charge < -0.3 is 4.90 Å². The maximum atomic E-state index is 13.3. The minimum absolute atomic E-state index is 0.0153. The molecule has 6 heteroatoms. The molecule has 0 spiro atoms. The largest absolute Gasteiger partial charge is 0.369 e. The minimum Gasteiger partial charge on any atom is -0.369 e. The normalized spacial score (nSPS) is 16.5. The van der Waals surface area contributed by atoms with E-state index >= 15 is 0 Å². The summed E-state index contributed by atoms with van der Waals surface area (Å²) in [5.41, 5.74) is 2.28. The molecule has 0 aliphatic carbocycles. The zero-order valence-corrected chi connectivity index (χ0v) is 13.8. The van der Waals surface area contributed by atoms with Crippen LogP contribution in [0.4, 0.5) is 10.1 Å². The minimum atomic E-state index is -3.63. The monoisotopic (exact) mass is 334 g/mol. The molecule has 122 valence electrons. The summed E-state index contributed by atoms with van der Waals surface area (Å²) < 4.78 is 39.9. The molecule has 0 amide bonds. The number of hydrogen-bond donors (Lipinski definition) is 0. The van der Waals surface area contributed by atoms with Crippen molar-refractivity contribution in [2.45, 2.75) is 11.8 Å². The van der Waals surface area contributed by atoms with Crippen LogP contribution >= 0.6 is 0 Å². The Labute approximate surface area is 136 Å². The van der Waals surface area contributed by atoms with Crippen LogP contribution in [0.5, 0.6) is 0 Å². The van der Waals surface area contributed by atoms with E-state index in [2.05, 4.69) is 11.0 Å². The third kappa shape index (κ3) is 3.38. The lowest BCUT2D eigenvalue weighted by Crippen LogP contribution is -2.48. The lowest BCUT2D eigenvalue weighted by Gasteiger charge is -2.35. The number of piperazine rings is 1. The number of sulfonamides is 1. The molecule has 1 aliphatic rings. The van der Waals surface area contributed by atoms with Crippen molar-refractivity contribution in [3.63, 3.8) is 0 Å². The van der Waals surface area contributed by atoms with E-state index in [9.17, 15) is 12.8 Å². The predicted molar refractivity (Wildman–Crippen MR) is 88.6 cm³/mol. The van der Waals surface area contributed by atoms with Crippen molar-refractivity contribution in [2.24, 2.45) is 0 Å². The summed E-state index contributed by atoms with van der Waals surface area (Å²) >= 11 is 0. The number of hydrogen-bond acceptors (Lipinski definition) is 3. The lowest BCUT2D eigenvalue weighted by molar-refractivity contribution is 0.384.